The minimum absolute atomic E-state index is 0.149. The summed E-state index contributed by atoms with van der Waals surface area (Å²) in [4.78, 5) is 39.6. The van der Waals surface area contributed by atoms with Crippen molar-refractivity contribution in [1.82, 2.24) is 14.9 Å². The summed E-state index contributed by atoms with van der Waals surface area (Å²) in [6, 6.07) is 6.90. The van der Waals surface area contributed by atoms with Crippen molar-refractivity contribution < 1.29 is 14.0 Å². The summed E-state index contributed by atoms with van der Waals surface area (Å²) < 4.78 is 13.2. The number of rotatable bonds is 3. The second-order valence-corrected chi connectivity index (χ2v) is 7.24. The van der Waals surface area contributed by atoms with Crippen LogP contribution in [0.3, 0.4) is 0 Å². The molecule has 1 atom stereocenters. The molecule has 2 fully saturated rings. The fraction of sp³-hybridized carbons (Fsp3) is 0.400. The Morgan fingerprint density at radius 3 is 2.18 bits per heavy atom. The van der Waals surface area contributed by atoms with E-state index in [1.54, 1.807) is 0 Å². The summed E-state index contributed by atoms with van der Waals surface area (Å²) in [6.45, 7) is 6.58. The third-order valence-electron chi connectivity index (χ3n) is 5.22. The zero-order valence-corrected chi connectivity index (χ0v) is 15.9. The molecule has 0 N–H and O–H groups in total. The SMILES string of the molecule is Cc1cc(C)nc(N2CCN([C@H]3CC(=O)N(c4ccc(F)cc4)C3=O)CC2)n1. The van der Waals surface area contributed by atoms with Gasteiger partial charge in [-0.3, -0.25) is 14.5 Å². The fourth-order valence-electron chi connectivity index (χ4n) is 3.84. The molecule has 0 bridgehead atoms. The normalized spacial score (nSPS) is 20.9. The van der Waals surface area contributed by atoms with Crippen LogP contribution in [0.4, 0.5) is 16.0 Å². The molecule has 0 aliphatic carbocycles. The maximum atomic E-state index is 13.2. The van der Waals surface area contributed by atoms with Gasteiger partial charge in [-0.05, 0) is 44.2 Å². The molecular formula is C20H22FN5O2. The molecule has 0 saturated carbocycles. The van der Waals surface area contributed by atoms with E-state index in [0.717, 1.165) is 11.4 Å². The highest BCUT2D eigenvalue weighted by atomic mass is 19.1. The Kier molecular flexibility index (Phi) is 4.80. The smallest absolute Gasteiger partial charge is 0.251 e. The van der Waals surface area contributed by atoms with Crippen LogP contribution in [0.1, 0.15) is 17.8 Å². The molecule has 8 heteroatoms. The van der Waals surface area contributed by atoms with Crippen molar-refractivity contribution in [3.8, 4) is 0 Å². The van der Waals surface area contributed by atoms with Crippen LogP contribution < -0.4 is 9.80 Å². The summed E-state index contributed by atoms with van der Waals surface area (Å²) >= 11 is 0. The Bertz CT molecular complexity index is 889. The van der Waals surface area contributed by atoms with Gasteiger partial charge in [-0.1, -0.05) is 0 Å². The lowest BCUT2D eigenvalue weighted by Crippen LogP contribution is -2.53. The Morgan fingerprint density at radius 1 is 0.964 bits per heavy atom. The average molecular weight is 383 g/mol. The molecule has 1 aromatic heterocycles. The Labute approximate surface area is 162 Å². The number of imide groups is 1. The minimum Gasteiger partial charge on any atom is -0.338 e. The molecule has 28 heavy (non-hydrogen) atoms. The van der Waals surface area contributed by atoms with Gasteiger partial charge >= 0.3 is 0 Å². The van der Waals surface area contributed by atoms with Crippen molar-refractivity contribution in [1.29, 1.82) is 0 Å². The molecule has 1 aromatic carbocycles. The van der Waals surface area contributed by atoms with Crippen molar-refractivity contribution in [3.05, 3.63) is 47.5 Å². The van der Waals surface area contributed by atoms with E-state index in [1.165, 1.54) is 29.2 Å². The summed E-state index contributed by atoms with van der Waals surface area (Å²) in [7, 11) is 0. The van der Waals surface area contributed by atoms with E-state index in [4.69, 9.17) is 0 Å². The summed E-state index contributed by atoms with van der Waals surface area (Å²) in [5.41, 5.74) is 2.27. The lowest BCUT2D eigenvalue weighted by Gasteiger charge is -2.37. The van der Waals surface area contributed by atoms with Crippen molar-refractivity contribution >= 4 is 23.5 Å². The van der Waals surface area contributed by atoms with E-state index in [1.807, 2.05) is 24.8 Å². The van der Waals surface area contributed by atoms with Gasteiger partial charge in [0.1, 0.15) is 5.82 Å². The minimum atomic E-state index is -0.472. The Morgan fingerprint density at radius 2 is 1.57 bits per heavy atom. The van der Waals surface area contributed by atoms with Crippen LogP contribution in [0.25, 0.3) is 0 Å². The van der Waals surface area contributed by atoms with E-state index < -0.39 is 11.9 Å². The number of benzene rings is 1. The van der Waals surface area contributed by atoms with E-state index in [-0.39, 0.29) is 18.2 Å². The Hall–Kier alpha value is -2.87. The number of carbonyl (C=O) groups excluding carboxylic acids is 2. The van der Waals surface area contributed by atoms with E-state index in [0.29, 0.717) is 37.8 Å². The zero-order valence-electron chi connectivity index (χ0n) is 15.9. The number of aryl methyl sites for hydroxylation is 2. The number of piperazine rings is 1. The predicted molar refractivity (Wildman–Crippen MR) is 103 cm³/mol. The number of hydrogen-bond acceptors (Lipinski definition) is 6. The number of aromatic nitrogens is 2. The van der Waals surface area contributed by atoms with Crippen LogP contribution in [0, 0.1) is 19.7 Å². The van der Waals surface area contributed by atoms with E-state index >= 15 is 0 Å². The molecule has 7 nitrogen and oxygen atoms in total. The van der Waals surface area contributed by atoms with Gasteiger partial charge in [0.15, 0.2) is 0 Å². The molecule has 146 valence electrons. The fourth-order valence-corrected chi connectivity index (χ4v) is 3.84. The monoisotopic (exact) mass is 383 g/mol. The van der Waals surface area contributed by atoms with Crippen LogP contribution in [0.5, 0.6) is 0 Å². The van der Waals surface area contributed by atoms with Gasteiger partial charge in [-0.2, -0.15) is 0 Å². The number of hydrogen-bond donors (Lipinski definition) is 0. The van der Waals surface area contributed by atoms with Crippen molar-refractivity contribution in [2.45, 2.75) is 26.3 Å². The number of carbonyl (C=O) groups is 2. The molecule has 4 rings (SSSR count). The predicted octanol–water partition coefficient (Wildman–Crippen LogP) is 1.69. The first-order chi connectivity index (χ1) is 13.4. The molecule has 3 heterocycles. The van der Waals surface area contributed by atoms with E-state index in [2.05, 4.69) is 14.9 Å². The van der Waals surface area contributed by atoms with E-state index in [9.17, 15) is 14.0 Å². The molecular weight excluding hydrogens is 361 g/mol. The van der Waals surface area contributed by atoms with Gasteiger partial charge < -0.3 is 4.90 Å². The molecule has 0 radical (unpaired) electrons. The third-order valence-corrected chi connectivity index (χ3v) is 5.22. The number of halogens is 1. The van der Waals surface area contributed by atoms with Gasteiger partial charge in [0.05, 0.1) is 18.2 Å². The zero-order chi connectivity index (χ0) is 19.8. The van der Waals surface area contributed by atoms with Gasteiger partial charge in [-0.15, -0.1) is 0 Å². The van der Waals surface area contributed by atoms with Crippen molar-refractivity contribution in [2.75, 3.05) is 36.0 Å². The lowest BCUT2D eigenvalue weighted by atomic mass is 10.2. The van der Waals surface area contributed by atoms with Crippen LogP contribution in [0.2, 0.25) is 0 Å². The number of anilines is 2. The topological polar surface area (TPSA) is 69.6 Å². The maximum Gasteiger partial charge on any atom is 0.251 e. The molecule has 2 amide bonds. The van der Waals surface area contributed by atoms with Crippen LogP contribution in [0.15, 0.2) is 30.3 Å². The standard InChI is InChI=1S/C20H22FN5O2/c1-13-11-14(2)23-20(22-13)25-9-7-24(8-10-25)17-12-18(27)26(19(17)28)16-5-3-15(21)4-6-16/h3-6,11,17H,7-10,12H2,1-2H3/t17-/m0/s1. The van der Waals surface area contributed by atoms with Crippen LogP contribution in [-0.4, -0.2) is 58.9 Å². The third kappa shape index (κ3) is 3.47. The largest absolute Gasteiger partial charge is 0.338 e. The first-order valence-corrected chi connectivity index (χ1v) is 9.36. The molecule has 0 spiro atoms. The van der Waals surface area contributed by atoms with Gasteiger partial charge in [0.25, 0.3) is 5.91 Å². The first-order valence-electron chi connectivity index (χ1n) is 9.36. The van der Waals surface area contributed by atoms with Crippen molar-refractivity contribution in [3.63, 3.8) is 0 Å². The molecule has 2 aliphatic rings. The van der Waals surface area contributed by atoms with Crippen LogP contribution >= 0.6 is 0 Å². The second-order valence-electron chi connectivity index (χ2n) is 7.24. The maximum absolute atomic E-state index is 13.2. The van der Waals surface area contributed by atoms with Gasteiger partial charge in [0, 0.05) is 37.6 Å². The highest BCUT2D eigenvalue weighted by Gasteiger charge is 2.43. The van der Waals surface area contributed by atoms with Crippen LogP contribution in [-0.2, 0) is 9.59 Å². The van der Waals surface area contributed by atoms with Gasteiger partial charge in [0.2, 0.25) is 11.9 Å². The summed E-state index contributed by atoms with van der Waals surface area (Å²) in [5, 5.41) is 0. The molecule has 2 aromatic rings. The highest BCUT2D eigenvalue weighted by Crippen LogP contribution is 2.27. The average Bonchev–Trinajstić information content (AvgIpc) is 2.96. The number of amides is 2. The molecule has 2 saturated heterocycles. The van der Waals surface area contributed by atoms with Gasteiger partial charge in [-0.25, -0.2) is 19.3 Å². The first kappa shape index (κ1) is 18.5. The molecule has 0 unspecified atom stereocenters. The number of nitrogens with zero attached hydrogens (tertiary/aromatic N) is 5. The lowest BCUT2D eigenvalue weighted by molar-refractivity contribution is -0.123. The molecule has 2 aliphatic heterocycles. The second kappa shape index (κ2) is 7.27. The Balaban J connectivity index is 1.44. The summed E-state index contributed by atoms with van der Waals surface area (Å²) in [6.07, 6.45) is 0.149. The van der Waals surface area contributed by atoms with Crippen molar-refractivity contribution in [2.24, 2.45) is 0 Å². The highest BCUT2D eigenvalue weighted by molar-refractivity contribution is 6.22. The quantitative estimate of drug-likeness (QED) is 0.752. The summed E-state index contributed by atoms with van der Waals surface area (Å²) in [5.74, 6) is -0.183.